The molecule has 0 aromatic carbocycles. The second-order valence-electron chi connectivity index (χ2n) is 4.22. The van der Waals surface area contributed by atoms with Crippen molar-refractivity contribution in [2.45, 2.75) is 12.5 Å². The average Bonchev–Trinajstić information content (AvgIpc) is 2.35. The quantitative estimate of drug-likeness (QED) is 0.614. The average molecular weight is 244 g/mol. The highest BCUT2D eigenvalue weighted by Crippen LogP contribution is 2.07. The Morgan fingerprint density at radius 3 is 2.76 bits per heavy atom. The molecule has 1 fully saturated rings. The number of amides is 1. The summed E-state index contributed by atoms with van der Waals surface area (Å²) in [6.07, 6.45) is -0.0656. The van der Waals surface area contributed by atoms with E-state index in [9.17, 15) is 9.59 Å². The number of hydrogen-bond donors (Lipinski definition) is 0. The van der Waals surface area contributed by atoms with Crippen LogP contribution in [-0.4, -0.2) is 75.2 Å². The van der Waals surface area contributed by atoms with Gasteiger partial charge in [0.25, 0.3) is 0 Å². The Hall–Kier alpha value is -1.14. The van der Waals surface area contributed by atoms with Crippen LogP contribution in [0.15, 0.2) is 0 Å². The highest BCUT2D eigenvalue weighted by molar-refractivity contribution is 5.76. The van der Waals surface area contributed by atoms with E-state index in [1.807, 2.05) is 4.90 Å². The highest BCUT2D eigenvalue weighted by atomic mass is 16.6. The van der Waals surface area contributed by atoms with Gasteiger partial charge >= 0.3 is 5.97 Å². The van der Waals surface area contributed by atoms with Crippen molar-refractivity contribution in [1.82, 2.24) is 9.80 Å². The van der Waals surface area contributed by atoms with Gasteiger partial charge in [-0.15, -0.1) is 0 Å². The van der Waals surface area contributed by atoms with Crippen LogP contribution in [0.2, 0.25) is 0 Å². The van der Waals surface area contributed by atoms with Crippen molar-refractivity contribution in [2.75, 3.05) is 47.4 Å². The maximum atomic E-state index is 11.4. The van der Waals surface area contributed by atoms with E-state index < -0.39 is 6.10 Å². The zero-order valence-electron chi connectivity index (χ0n) is 10.6. The molecule has 0 N–H and O–H groups in total. The molecule has 1 rings (SSSR count). The molecule has 1 unspecified atom stereocenters. The summed E-state index contributed by atoms with van der Waals surface area (Å²) in [4.78, 5) is 26.4. The third-order valence-electron chi connectivity index (χ3n) is 2.76. The third kappa shape index (κ3) is 4.32. The first-order chi connectivity index (χ1) is 8.04. The minimum absolute atomic E-state index is 0.0890. The summed E-state index contributed by atoms with van der Waals surface area (Å²) >= 11 is 0. The summed E-state index contributed by atoms with van der Waals surface area (Å²) in [5, 5.41) is 0. The van der Waals surface area contributed by atoms with Crippen LogP contribution in [0.25, 0.3) is 0 Å². The molecule has 0 bridgehead atoms. The number of esters is 1. The number of hydrogen-bond acceptors (Lipinski definition) is 5. The fourth-order valence-electron chi connectivity index (χ4n) is 1.66. The van der Waals surface area contributed by atoms with Gasteiger partial charge in [0.2, 0.25) is 5.91 Å². The van der Waals surface area contributed by atoms with E-state index >= 15 is 0 Å². The van der Waals surface area contributed by atoms with Gasteiger partial charge in [-0.1, -0.05) is 0 Å². The van der Waals surface area contributed by atoms with Crippen LogP contribution in [0, 0.1) is 0 Å². The number of nitrogens with zero attached hydrogens (tertiary/aromatic N) is 2. The maximum Gasteiger partial charge on any atom is 0.336 e. The summed E-state index contributed by atoms with van der Waals surface area (Å²) in [5.74, 6) is -0.264. The predicted octanol–water partition coefficient (Wildman–Crippen LogP) is -0.661. The molecular weight excluding hydrogens is 224 g/mol. The van der Waals surface area contributed by atoms with Crippen molar-refractivity contribution in [2.24, 2.45) is 0 Å². The van der Waals surface area contributed by atoms with Gasteiger partial charge in [0.15, 0.2) is 6.10 Å². The smallest absolute Gasteiger partial charge is 0.336 e. The Kier molecular flexibility index (Phi) is 5.37. The SMILES string of the molecule is COC(=O)C1CN(CCC(=O)N(C)C)CCO1. The van der Waals surface area contributed by atoms with Crippen molar-refractivity contribution >= 4 is 11.9 Å². The van der Waals surface area contributed by atoms with Gasteiger partial charge in [-0.25, -0.2) is 4.79 Å². The Morgan fingerprint density at radius 2 is 2.18 bits per heavy atom. The van der Waals surface area contributed by atoms with Crippen molar-refractivity contribution in [1.29, 1.82) is 0 Å². The van der Waals surface area contributed by atoms with E-state index in [4.69, 9.17) is 4.74 Å². The molecular formula is C11H20N2O4. The molecule has 1 aliphatic heterocycles. The van der Waals surface area contributed by atoms with Crippen LogP contribution in [0.3, 0.4) is 0 Å². The van der Waals surface area contributed by atoms with E-state index in [-0.39, 0.29) is 11.9 Å². The first-order valence-corrected chi connectivity index (χ1v) is 5.66. The van der Waals surface area contributed by atoms with Crippen LogP contribution < -0.4 is 0 Å². The predicted molar refractivity (Wildman–Crippen MR) is 61.5 cm³/mol. The van der Waals surface area contributed by atoms with E-state index in [0.29, 0.717) is 26.1 Å². The van der Waals surface area contributed by atoms with Crippen molar-refractivity contribution in [3.63, 3.8) is 0 Å². The molecule has 98 valence electrons. The van der Waals surface area contributed by atoms with Gasteiger partial charge in [0.1, 0.15) is 0 Å². The first-order valence-electron chi connectivity index (χ1n) is 5.66. The Labute approximate surface area is 101 Å². The minimum Gasteiger partial charge on any atom is -0.467 e. The van der Waals surface area contributed by atoms with Crippen LogP contribution >= 0.6 is 0 Å². The van der Waals surface area contributed by atoms with Crippen LogP contribution in [-0.2, 0) is 19.1 Å². The molecule has 1 heterocycles. The van der Waals surface area contributed by atoms with Gasteiger partial charge in [0.05, 0.1) is 13.7 Å². The van der Waals surface area contributed by atoms with E-state index in [2.05, 4.69) is 4.74 Å². The zero-order valence-corrected chi connectivity index (χ0v) is 10.6. The lowest BCUT2D eigenvalue weighted by atomic mass is 10.2. The van der Waals surface area contributed by atoms with Gasteiger partial charge < -0.3 is 14.4 Å². The topological polar surface area (TPSA) is 59.1 Å². The molecule has 6 nitrogen and oxygen atoms in total. The minimum atomic E-state index is -0.525. The van der Waals surface area contributed by atoms with Crippen LogP contribution in [0.4, 0.5) is 0 Å². The molecule has 0 radical (unpaired) electrons. The summed E-state index contributed by atoms with van der Waals surface area (Å²) in [6.45, 7) is 2.38. The molecule has 1 aliphatic rings. The molecule has 17 heavy (non-hydrogen) atoms. The monoisotopic (exact) mass is 244 g/mol. The molecule has 1 atom stereocenters. The van der Waals surface area contributed by atoms with Gasteiger partial charge in [0, 0.05) is 40.2 Å². The lowest BCUT2D eigenvalue weighted by Crippen LogP contribution is -2.47. The lowest BCUT2D eigenvalue weighted by molar-refractivity contribution is -0.159. The van der Waals surface area contributed by atoms with Crippen LogP contribution in [0.1, 0.15) is 6.42 Å². The number of carbonyl (C=O) groups is 2. The summed E-state index contributed by atoms with van der Waals surface area (Å²) in [5.41, 5.74) is 0. The van der Waals surface area contributed by atoms with E-state index in [0.717, 1.165) is 6.54 Å². The number of carbonyl (C=O) groups excluding carboxylic acids is 2. The lowest BCUT2D eigenvalue weighted by Gasteiger charge is -2.31. The number of morpholine rings is 1. The third-order valence-corrected chi connectivity index (χ3v) is 2.76. The van der Waals surface area contributed by atoms with Gasteiger partial charge in [-0.05, 0) is 0 Å². The molecule has 0 saturated carbocycles. The van der Waals surface area contributed by atoms with Gasteiger partial charge in [-0.3, -0.25) is 9.69 Å². The number of ether oxygens (including phenoxy) is 2. The second-order valence-corrected chi connectivity index (χ2v) is 4.22. The van der Waals surface area contributed by atoms with Crippen molar-refractivity contribution < 1.29 is 19.1 Å². The van der Waals surface area contributed by atoms with Crippen LogP contribution in [0.5, 0.6) is 0 Å². The van der Waals surface area contributed by atoms with Crippen molar-refractivity contribution in [3.05, 3.63) is 0 Å². The Morgan fingerprint density at radius 1 is 1.47 bits per heavy atom. The fourth-order valence-corrected chi connectivity index (χ4v) is 1.66. The zero-order chi connectivity index (χ0) is 12.8. The largest absolute Gasteiger partial charge is 0.467 e. The van der Waals surface area contributed by atoms with E-state index in [1.54, 1.807) is 19.0 Å². The second kappa shape index (κ2) is 6.56. The Balaban J connectivity index is 2.35. The molecule has 0 aliphatic carbocycles. The molecule has 1 saturated heterocycles. The standard InChI is InChI=1S/C11H20N2O4/c1-12(2)10(14)4-5-13-6-7-17-9(8-13)11(15)16-3/h9H,4-8H2,1-3H3. The molecule has 0 aromatic rings. The van der Waals surface area contributed by atoms with Gasteiger partial charge in [-0.2, -0.15) is 0 Å². The summed E-state index contributed by atoms with van der Waals surface area (Å²) in [7, 11) is 4.82. The fraction of sp³-hybridized carbons (Fsp3) is 0.818. The Bertz CT molecular complexity index is 281. The van der Waals surface area contributed by atoms with E-state index in [1.165, 1.54) is 7.11 Å². The summed E-state index contributed by atoms with van der Waals surface area (Å²) < 4.78 is 9.94. The molecule has 6 heteroatoms. The maximum absolute atomic E-state index is 11.4. The summed E-state index contributed by atoms with van der Waals surface area (Å²) in [6, 6.07) is 0. The number of methoxy groups -OCH3 is 1. The normalized spacial score (nSPS) is 21.0. The molecule has 1 amide bonds. The molecule has 0 spiro atoms. The highest BCUT2D eigenvalue weighted by Gasteiger charge is 2.27. The van der Waals surface area contributed by atoms with Crippen molar-refractivity contribution in [3.8, 4) is 0 Å². The molecule has 0 aromatic heterocycles. The first kappa shape index (κ1) is 13.9. The number of rotatable bonds is 4.